The van der Waals surface area contributed by atoms with Gasteiger partial charge in [-0.3, -0.25) is 0 Å². The number of benzene rings is 1. The second-order valence-corrected chi connectivity index (χ2v) is 2.81. The van der Waals surface area contributed by atoms with Crippen molar-refractivity contribution >= 4 is 20.5 Å². The molecule has 0 bridgehead atoms. The van der Waals surface area contributed by atoms with Crippen LogP contribution in [0, 0.1) is 6.92 Å². The van der Waals surface area contributed by atoms with Crippen LogP contribution >= 0.6 is 0 Å². The number of rotatable bonds is 0. The van der Waals surface area contributed by atoms with Gasteiger partial charge in [0.25, 0.3) is 0 Å². The van der Waals surface area contributed by atoms with E-state index in [1.165, 1.54) is 10.0 Å². The molecule has 0 aliphatic heterocycles. The Balaban J connectivity index is 3.08. The summed E-state index contributed by atoms with van der Waals surface area (Å²) >= 11 is 2.94. The molecule has 1 heteroatoms. The first kappa shape index (κ1) is 5.87. The zero-order valence-corrected chi connectivity index (χ0v) is 6.43. The predicted molar refractivity (Wildman–Crippen MR) is 36.6 cm³/mol. The summed E-state index contributed by atoms with van der Waals surface area (Å²) in [7, 11) is 0. The van der Waals surface area contributed by atoms with E-state index in [0.717, 1.165) is 0 Å². The van der Waals surface area contributed by atoms with Gasteiger partial charge in [-0.05, 0) is 0 Å². The monoisotopic (exact) mass is 171 g/mol. The topological polar surface area (TPSA) is 0 Å². The Labute approximate surface area is 57.7 Å². The van der Waals surface area contributed by atoms with E-state index in [1.54, 1.807) is 0 Å². The van der Waals surface area contributed by atoms with Gasteiger partial charge in [0.05, 0.1) is 0 Å². The minimum atomic E-state index is 1.21. The van der Waals surface area contributed by atoms with E-state index in [2.05, 4.69) is 35.1 Å². The van der Waals surface area contributed by atoms with E-state index < -0.39 is 0 Å². The maximum atomic E-state index is 2.94. The van der Waals surface area contributed by atoms with Crippen molar-refractivity contribution in [3.8, 4) is 0 Å². The fourth-order valence-electron chi connectivity index (χ4n) is 0.615. The molecular weight excluding hydrogens is 163 g/mol. The molecule has 0 aliphatic rings. The summed E-state index contributed by atoms with van der Waals surface area (Å²) < 4.78 is 1.21. The molecule has 1 rings (SSSR count). The molecule has 0 amide bonds. The number of aryl methyl sites for hydroxylation is 1. The average Bonchev–Trinajstić information content (AvgIpc) is 1.64. The van der Waals surface area contributed by atoms with Crippen LogP contribution in [0.5, 0.6) is 0 Å². The Bertz CT molecular complexity index is 164. The number of hydrogen-bond acceptors (Lipinski definition) is 0. The fourth-order valence-corrected chi connectivity index (χ4v) is 1.17. The predicted octanol–water partition coefficient (Wildman–Crippen LogP) is 0.789. The third kappa shape index (κ3) is 1.36. The van der Waals surface area contributed by atoms with Crippen LogP contribution < -0.4 is 4.46 Å². The van der Waals surface area contributed by atoms with Gasteiger partial charge in [0.2, 0.25) is 0 Å². The summed E-state index contributed by atoms with van der Waals surface area (Å²) in [5.74, 6) is 0. The second kappa shape index (κ2) is 2.34. The van der Waals surface area contributed by atoms with Crippen LogP contribution in [-0.4, -0.2) is 16.0 Å². The zero-order chi connectivity index (χ0) is 5.98. The van der Waals surface area contributed by atoms with E-state index in [9.17, 15) is 0 Å². The van der Waals surface area contributed by atoms with Gasteiger partial charge in [0.1, 0.15) is 0 Å². The summed E-state index contributed by atoms with van der Waals surface area (Å²) in [6, 6.07) is 8.29. The Hall–Kier alpha value is -0.261. The third-order valence-corrected chi connectivity index (χ3v) is 1.52. The molecule has 0 heterocycles. The third-order valence-electron chi connectivity index (χ3n) is 0.990. The average molecular weight is 170 g/mol. The van der Waals surface area contributed by atoms with Crippen molar-refractivity contribution < 1.29 is 0 Å². The summed E-state index contributed by atoms with van der Waals surface area (Å²) in [4.78, 5) is 0. The molecule has 1 aromatic rings. The van der Waals surface area contributed by atoms with Gasteiger partial charge in [-0.15, -0.1) is 0 Å². The van der Waals surface area contributed by atoms with Gasteiger partial charge in [0.15, 0.2) is 0 Å². The standard InChI is InChI=1S/C7H8Se/c1-6-3-2-4-7(8)5-6/h2-5,8H,1H3/p-1. The van der Waals surface area contributed by atoms with Gasteiger partial charge in [0, 0.05) is 0 Å². The van der Waals surface area contributed by atoms with Crippen LogP contribution in [0.3, 0.4) is 0 Å². The molecule has 0 radical (unpaired) electrons. The SMILES string of the molecule is Cc1cccc([Se-])c1. The van der Waals surface area contributed by atoms with Gasteiger partial charge < -0.3 is 0 Å². The van der Waals surface area contributed by atoms with E-state index in [0.29, 0.717) is 0 Å². The van der Waals surface area contributed by atoms with Crippen molar-refractivity contribution in [1.82, 2.24) is 0 Å². The van der Waals surface area contributed by atoms with E-state index in [1.807, 2.05) is 12.1 Å². The van der Waals surface area contributed by atoms with Gasteiger partial charge in [-0.25, -0.2) is 0 Å². The molecule has 1 aromatic carbocycles. The number of hydrogen-bond donors (Lipinski definition) is 0. The Kier molecular flexibility index (Phi) is 1.72. The fraction of sp³-hybridized carbons (Fsp3) is 0.143. The van der Waals surface area contributed by atoms with Crippen molar-refractivity contribution in [3.05, 3.63) is 29.8 Å². The van der Waals surface area contributed by atoms with Crippen molar-refractivity contribution in [2.45, 2.75) is 6.92 Å². The molecule has 0 atom stereocenters. The van der Waals surface area contributed by atoms with Gasteiger partial charge in [-0.2, -0.15) is 0 Å². The summed E-state index contributed by atoms with van der Waals surface area (Å²) in [5.41, 5.74) is 1.31. The molecule has 0 unspecified atom stereocenters. The van der Waals surface area contributed by atoms with Crippen LogP contribution in [0.1, 0.15) is 5.56 Å². The second-order valence-electron chi connectivity index (χ2n) is 1.82. The Morgan fingerprint density at radius 3 is 2.50 bits per heavy atom. The summed E-state index contributed by atoms with van der Waals surface area (Å²) in [5, 5.41) is 0. The van der Waals surface area contributed by atoms with E-state index in [4.69, 9.17) is 0 Å². The van der Waals surface area contributed by atoms with Crippen molar-refractivity contribution in [2.75, 3.05) is 0 Å². The molecule has 0 aromatic heterocycles. The van der Waals surface area contributed by atoms with Crippen LogP contribution in [0.25, 0.3) is 0 Å². The quantitative estimate of drug-likeness (QED) is 0.505. The molecule has 0 N–H and O–H groups in total. The van der Waals surface area contributed by atoms with Crippen LogP contribution in [0.2, 0.25) is 0 Å². The molecule has 0 fully saturated rings. The zero-order valence-electron chi connectivity index (χ0n) is 4.72. The van der Waals surface area contributed by atoms with Crippen molar-refractivity contribution in [1.29, 1.82) is 0 Å². The molecule has 0 saturated carbocycles. The van der Waals surface area contributed by atoms with Crippen LogP contribution in [-0.2, 0) is 0 Å². The van der Waals surface area contributed by atoms with Crippen molar-refractivity contribution in [2.24, 2.45) is 0 Å². The van der Waals surface area contributed by atoms with Crippen molar-refractivity contribution in [3.63, 3.8) is 0 Å². The molecule has 8 heavy (non-hydrogen) atoms. The first-order valence-corrected chi connectivity index (χ1v) is 3.38. The molecule has 0 nitrogen and oxygen atoms in total. The normalized spacial score (nSPS) is 9.12. The Morgan fingerprint density at radius 2 is 2.12 bits per heavy atom. The van der Waals surface area contributed by atoms with Crippen LogP contribution in [0.4, 0.5) is 0 Å². The molecular formula is C7H7Se-. The summed E-state index contributed by atoms with van der Waals surface area (Å²) in [6.07, 6.45) is 0. The minimum absolute atomic E-state index is 1.21. The molecule has 0 aliphatic carbocycles. The molecule has 42 valence electrons. The van der Waals surface area contributed by atoms with E-state index >= 15 is 0 Å². The van der Waals surface area contributed by atoms with Crippen LogP contribution in [0.15, 0.2) is 24.3 Å². The maximum absolute atomic E-state index is 2.94. The molecule has 0 saturated heterocycles. The first-order valence-electron chi connectivity index (χ1n) is 2.53. The summed E-state index contributed by atoms with van der Waals surface area (Å²) in [6.45, 7) is 2.08. The molecule has 0 spiro atoms. The Morgan fingerprint density at radius 1 is 1.38 bits per heavy atom. The first-order chi connectivity index (χ1) is 3.79. The van der Waals surface area contributed by atoms with E-state index in [-0.39, 0.29) is 0 Å². The van der Waals surface area contributed by atoms with Gasteiger partial charge >= 0.3 is 57.2 Å². The van der Waals surface area contributed by atoms with Gasteiger partial charge in [-0.1, -0.05) is 0 Å².